The fraction of sp³-hybridized carbons (Fsp3) is 0.750. The molecule has 1 nitrogen and oxygen atoms in total. The van der Waals surface area contributed by atoms with Gasteiger partial charge in [0.05, 0.1) is 0 Å². The van der Waals surface area contributed by atoms with Crippen LogP contribution in [0.2, 0.25) is 0 Å². The van der Waals surface area contributed by atoms with E-state index in [4.69, 9.17) is 0 Å². The van der Waals surface area contributed by atoms with Crippen molar-refractivity contribution in [3.63, 3.8) is 0 Å². The highest BCUT2D eigenvalue weighted by Gasteiger charge is 2.30. The maximum absolute atomic E-state index is 3.30. The molecule has 0 spiro atoms. The van der Waals surface area contributed by atoms with Crippen molar-refractivity contribution in [2.75, 3.05) is 0 Å². The first-order valence-electron chi connectivity index (χ1n) is 3.48. The fourth-order valence-corrected chi connectivity index (χ4v) is 0.986. The number of hydrogen-bond donors (Lipinski definition) is 1. The summed E-state index contributed by atoms with van der Waals surface area (Å²) in [4.78, 5) is 0. The zero-order chi connectivity index (χ0) is 7.07. The van der Waals surface area contributed by atoms with Gasteiger partial charge >= 0.3 is 0 Å². The molecule has 0 saturated carbocycles. The molecule has 1 unspecified atom stereocenters. The third kappa shape index (κ3) is 0.846. The predicted octanol–water partition coefficient (Wildman–Crippen LogP) is 1.91. The Morgan fingerprint density at radius 1 is 1.56 bits per heavy atom. The fourth-order valence-electron chi connectivity index (χ4n) is 0.986. The van der Waals surface area contributed by atoms with Crippen LogP contribution in [0.4, 0.5) is 0 Å². The molecule has 1 N–H and O–H groups in total. The normalized spacial score (nSPS) is 31.6. The molecule has 0 bridgehead atoms. The zero-order valence-corrected chi connectivity index (χ0v) is 6.65. The summed E-state index contributed by atoms with van der Waals surface area (Å²) < 4.78 is 0. The zero-order valence-electron chi connectivity index (χ0n) is 6.65. The van der Waals surface area contributed by atoms with Gasteiger partial charge < -0.3 is 5.32 Å². The van der Waals surface area contributed by atoms with E-state index >= 15 is 0 Å². The van der Waals surface area contributed by atoms with E-state index in [1.54, 1.807) is 0 Å². The number of rotatable bonds is 0. The summed E-state index contributed by atoms with van der Waals surface area (Å²) in [6.07, 6.45) is 2.12. The Morgan fingerprint density at radius 3 is 2.22 bits per heavy atom. The van der Waals surface area contributed by atoms with Gasteiger partial charge in [-0.2, -0.15) is 0 Å². The van der Waals surface area contributed by atoms with Gasteiger partial charge in [-0.05, 0) is 25.6 Å². The second-order valence-corrected chi connectivity index (χ2v) is 3.44. The monoisotopic (exact) mass is 125 g/mol. The number of hydrogen-bond acceptors (Lipinski definition) is 1. The quantitative estimate of drug-likeness (QED) is 0.521. The van der Waals surface area contributed by atoms with Crippen molar-refractivity contribution in [3.05, 3.63) is 11.8 Å². The molecule has 0 fully saturated rings. The van der Waals surface area contributed by atoms with Crippen LogP contribution in [0.15, 0.2) is 11.8 Å². The lowest BCUT2D eigenvalue weighted by Crippen LogP contribution is -2.30. The van der Waals surface area contributed by atoms with Crippen LogP contribution in [0.25, 0.3) is 0 Å². The van der Waals surface area contributed by atoms with E-state index in [1.807, 2.05) is 0 Å². The van der Waals surface area contributed by atoms with Crippen molar-refractivity contribution in [3.8, 4) is 0 Å². The van der Waals surface area contributed by atoms with Crippen molar-refractivity contribution in [2.24, 2.45) is 5.41 Å². The molecule has 1 atom stereocenters. The summed E-state index contributed by atoms with van der Waals surface area (Å²) in [7, 11) is 0. The van der Waals surface area contributed by atoms with Crippen LogP contribution in [0.5, 0.6) is 0 Å². The van der Waals surface area contributed by atoms with E-state index in [9.17, 15) is 0 Å². The molecule has 0 amide bonds. The molecule has 0 radical (unpaired) electrons. The van der Waals surface area contributed by atoms with Gasteiger partial charge in [0.15, 0.2) is 0 Å². The van der Waals surface area contributed by atoms with Crippen molar-refractivity contribution in [1.29, 1.82) is 0 Å². The Balaban J connectivity index is 2.81. The average Bonchev–Trinajstić information content (AvgIpc) is 1.96. The third-order valence-electron chi connectivity index (χ3n) is 2.65. The smallest absolute Gasteiger partial charge is 0.0316 e. The Hall–Kier alpha value is -0.460. The first-order chi connectivity index (χ1) is 4.05. The molecule has 0 aromatic carbocycles. The Labute approximate surface area is 57.1 Å². The molecule has 0 saturated heterocycles. The molecule has 1 aliphatic rings. The summed E-state index contributed by atoms with van der Waals surface area (Å²) in [6.45, 7) is 8.93. The van der Waals surface area contributed by atoms with Gasteiger partial charge in [0, 0.05) is 11.5 Å². The molecule has 1 heterocycles. The third-order valence-corrected chi connectivity index (χ3v) is 2.65. The Kier molecular flexibility index (Phi) is 1.30. The summed E-state index contributed by atoms with van der Waals surface area (Å²) in [6, 6.07) is 0.595. The van der Waals surface area contributed by atoms with Crippen LogP contribution < -0.4 is 5.32 Å². The second-order valence-electron chi connectivity index (χ2n) is 3.44. The molecule has 1 rings (SSSR count). The molecular formula is C8H15N. The molecule has 0 aromatic rings. The van der Waals surface area contributed by atoms with Gasteiger partial charge in [-0.3, -0.25) is 0 Å². The standard InChI is InChI=1S/C8H15N/c1-6-5-9-7(2)8(6,3)4/h5,7,9H,1-4H3. The van der Waals surface area contributed by atoms with Crippen LogP contribution >= 0.6 is 0 Å². The lowest BCUT2D eigenvalue weighted by molar-refractivity contribution is 0.369. The minimum absolute atomic E-state index is 0.361. The summed E-state index contributed by atoms with van der Waals surface area (Å²) in [5, 5.41) is 3.30. The van der Waals surface area contributed by atoms with Crippen LogP contribution in [-0.2, 0) is 0 Å². The van der Waals surface area contributed by atoms with Crippen LogP contribution in [0, 0.1) is 5.41 Å². The van der Waals surface area contributed by atoms with E-state index in [-0.39, 0.29) is 0 Å². The van der Waals surface area contributed by atoms with Gasteiger partial charge in [-0.15, -0.1) is 0 Å². The maximum atomic E-state index is 3.30. The molecule has 1 aliphatic heterocycles. The predicted molar refractivity (Wildman–Crippen MR) is 40.1 cm³/mol. The van der Waals surface area contributed by atoms with Gasteiger partial charge in [0.25, 0.3) is 0 Å². The highest BCUT2D eigenvalue weighted by atomic mass is 14.9. The first-order valence-corrected chi connectivity index (χ1v) is 3.48. The van der Waals surface area contributed by atoms with Gasteiger partial charge in [-0.1, -0.05) is 13.8 Å². The summed E-state index contributed by atoms with van der Waals surface area (Å²) >= 11 is 0. The van der Waals surface area contributed by atoms with E-state index in [0.29, 0.717) is 11.5 Å². The van der Waals surface area contributed by atoms with E-state index in [1.165, 1.54) is 5.57 Å². The molecule has 9 heavy (non-hydrogen) atoms. The Morgan fingerprint density at radius 2 is 2.11 bits per heavy atom. The van der Waals surface area contributed by atoms with E-state index in [2.05, 4.69) is 39.2 Å². The largest absolute Gasteiger partial charge is 0.388 e. The lowest BCUT2D eigenvalue weighted by atomic mass is 9.82. The molecular weight excluding hydrogens is 110 g/mol. The van der Waals surface area contributed by atoms with E-state index < -0.39 is 0 Å². The SMILES string of the molecule is CC1=CNC(C)C1(C)C. The van der Waals surface area contributed by atoms with Crippen molar-refractivity contribution < 1.29 is 0 Å². The van der Waals surface area contributed by atoms with Crippen LogP contribution in [-0.4, -0.2) is 6.04 Å². The minimum Gasteiger partial charge on any atom is -0.388 e. The molecule has 52 valence electrons. The summed E-state index contributed by atoms with van der Waals surface area (Å²) in [5.41, 5.74) is 1.81. The molecule has 1 heteroatoms. The van der Waals surface area contributed by atoms with Gasteiger partial charge in [0.1, 0.15) is 0 Å². The average molecular weight is 125 g/mol. The van der Waals surface area contributed by atoms with Crippen LogP contribution in [0.1, 0.15) is 27.7 Å². The number of nitrogens with one attached hydrogen (secondary N) is 1. The first kappa shape index (κ1) is 6.66. The lowest BCUT2D eigenvalue weighted by Gasteiger charge is -2.25. The van der Waals surface area contributed by atoms with Gasteiger partial charge in [0.2, 0.25) is 0 Å². The van der Waals surface area contributed by atoms with Gasteiger partial charge in [-0.25, -0.2) is 0 Å². The van der Waals surface area contributed by atoms with Crippen molar-refractivity contribution in [2.45, 2.75) is 33.7 Å². The highest BCUT2D eigenvalue weighted by molar-refractivity contribution is 5.18. The second kappa shape index (κ2) is 1.76. The Bertz CT molecular complexity index is 145. The highest BCUT2D eigenvalue weighted by Crippen LogP contribution is 2.33. The molecule has 0 aromatic heterocycles. The van der Waals surface area contributed by atoms with Crippen LogP contribution in [0.3, 0.4) is 0 Å². The topological polar surface area (TPSA) is 12.0 Å². The maximum Gasteiger partial charge on any atom is 0.0316 e. The van der Waals surface area contributed by atoms with Crippen molar-refractivity contribution >= 4 is 0 Å². The summed E-state index contributed by atoms with van der Waals surface area (Å²) in [5.74, 6) is 0. The van der Waals surface area contributed by atoms with E-state index in [0.717, 1.165) is 0 Å². The molecule has 0 aliphatic carbocycles. The van der Waals surface area contributed by atoms with Crippen molar-refractivity contribution in [1.82, 2.24) is 5.32 Å². The minimum atomic E-state index is 0.361.